The number of amides is 1. The normalized spacial score (nSPS) is 18.5. The van der Waals surface area contributed by atoms with Crippen molar-refractivity contribution >= 4 is 34.6 Å². The maximum atomic E-state index is 12.3. The Kier molecular flexibility index (Phi) is 5.25. The van der Waals surface area contributed by atoms with Crippen LogP contribution in [0.5, 0.6) is 11.5 Å². The molecule has 0 bridgehead atoms. The highest BCUT2D eigenvalue weighted by Gasteiger charge is 2.28. The number of hydrogen-bond acceptors (Lipinski definition) is 6. The first-order valence-corrected chi connectivity index (χ1v) is 9.89. The van der Waals surface area contributed by atoms with E-state index in [2.05, 4.69) is 26.9 Å². The molecule has 144 valence electrons. The van der Waals surface area contributed by atoms with Crippen molar-refractivity contribution in [3.63, 3.8) is 0 Å². The standard InChI is InChI=1S/C21H21N3O3S/c1-27-18-8-4-16(5-9-18)23-10-12-24(13-11-23)21-22-20(26)19(28-21)14-15-2-6-17(25)7-3-15/h2-9,14,25H,10-13H2,1H3/b19-14-. The van der Waals surface area contributed by atoms with Gasteiger partial charge in [0.25, 0.3) is 5.91 Å². The van der Waals surface area contributed by atoms with E-state index < -0.39 is 0 Å². The van der Waals surface area contributed by atoms with Crippen LogP contribution in [0.1, 0.15) is 5.56 Å². The Labute approximate surface area is 168 Å². The Hall–Kier alpha value is -2.93. The van der Waals surface area contributed by atoms with E-state index in [1.54, 1.807) is 31.4 Å². The number of phenolic OH excluding ortho intramolecular Hbond substituents is 1. The zero-order chi connectivity index (χ0) is 19.5. The molecular formula is C21H21N3O3S. The Morgan fingerprint density at radius 2 is 1.64 bits per heavy atom. The first-order chi connectivity index (χ1) is 13.6. The molecule has 2 aromatic carbocycles. The van der Waals surface area contributed by atoms with Gasteiger partial charge in [-0.2, -0.15) is 4.99 Å². The van der Waals surface area contributed by atoms with E-state index in [-0.39, 0.29) is 11.7 Å². The lowest BCUT2D eigenvalue weighted by Crippen LogP contribution is -2.47. The number of methoxy groups -OCH3 is 1. The number of nitrogens with zero attached hydrogens (tertiary/aromatic N) is 3. The van der Waals surface area contributed by atoms with Gasteiger partial charge in [-0.3, -0.25) is 4.79 Å². The number of ether oxygens (including phenoxy) is 1. The molecule has 1 saturated heterocycles. The number of amidine groups is 1. The summed E-state index contributed by atoms with van der Waals surface area (Å²) < 4.78 is 5.21. The van der Waals surface area contributed by atoms with Crippen LogP contribution in [-0.2, 0) is 4.79 Å². The molecule has 7 heteroatoms. The molecule has 2 aliphatic rings. The highest BCUT2D eigenvalue weighted by atomic mass is 32.2. The minimum Gasteiger partial charge on any atom is -0.508 e. The average molecular weight is 395 g/mol. The lowest BCUT2D eigenvalue weighted by Gasteiger charge is -2.36. The highest BCUT2D eigenvalue weighted by Crippen LogP contribution is 2.31. The second-order valence-electron chi connectivity index (χ2n) is 6.57. The lowest BCUT2D eigenvalue weighted by atomic mass is 10.2. The SMILES string of the molecule is COc1ccc(N2CCN(C3=NC(=O)/C(=C/c4ccc(O)cc4)S3)CC2)cc1. The highest BCUT2D eigenvalue weighted by molar-refractivity contribution is 8.18. The van der Waals surface area contributed by atoms with Gasteiger partial charge in [-0.25, -0.2) is 0 Å². The maximum absolute atomic E-state index is 12.3. The van der Waals surface area contributed by atoms with Gasteiger partial charge in [0.15, 0.2) is 5.17 Å². The van der Waals surface area contributed by atoms with Crippen molar-refractivity contribution in [2.45, 2.75) is 0 Å². The van der Waals surface area contributed by atoms with Crippen LogP contribution < -0.4 is 9.64 Å². The Bertz CT molecular complexity index is 915. The molecule has 2 aliphatic heterocycles. The summed E-state index contributed by atoms with van der Waals surface area (Å²) in [5.74, 6) is 0.857. The monoisotopic (exact) mass is 395 g/mol. The zero-order valence-corrected chi connectivity index (χ0v) is 16.4. The van der Waals surface area contributed by atoms with Crippen LogP contribution in [0.2, 0.25) is 0 Å². The molecule has 2 heterocycles. The third-order valence-electron chi connectivity index (χ3n) is 4.79. The number of aromatic hydroxyl groups is 1. The molecule has 1 N–H and O–H groups in total. The Morgan fingerprint density at radius 3 is 2.29 bits per heavy atom. The van der Waals surface area contributed by atoms with Gasteiger partial charge in [-0.15, -0.1) is 0 Å². The fraction of sp³-hybridized carbons (Fsp3) is 0.238. The number of carbonyl (C=O) groups is 1. The van der Waals surface area contributed by atoms with E-state index in [4.69, 9.17) is 4.74 Å². The number of phenols is 1. The van der Waals surface area contributed by atoms with Crippen molar-refractivity contribution in [1.82, 2.24) is 4.90 Å². The number of hydrogen-bond donors (Lipinski definition) is 1. The third-order valence-corrected chi connectivity index (χ3v) is 5.83. The molecule has 2 aromatic rings. The number of aliphatic imine (C=N–C) groups is 1. The van der Waals surface area contributed by atoms with Gasteiger partial charge >= 0.3 is 0 Å². The number of carbonyl (C=O) groups excluding carboxylic acids is 1. The summed E-state index contributed by atoms with van der Waals surface area (Å²) >= 11 is 1.42. The summed E-state index contributed by atoms with van der Waals surface area (Å²) in [6.45, 7) is 3.38. The van der Waals surface area contributed by atoms with Crippen LogP contribution in [0.15, 0.2) is 58.4 Å². The fourth-order valence-corrected chi connectivity index (χ4v) is 4.17. The van der Waals surface area contributed by atoms with Crippen molar-refractivity contribution in [2.75, 3.05) is 38.2 Å². The second-order valence-corrected chi connectivity index (χ2v) is 7.58. The van der Waals surface area contributed by atoms with Crippen LogP contribution in [0.25, 0.3) is 6.08 Å². The molecule has 4 rings (SSSR count). The molecule has 0 unspecified atom stereocenters. The maximum Gasteiger partial charge on any atom is 0.286 e. The summed E-state index contributed by atoms with van der Waals surface area (Å²) in [6, 6.07) is 14.9. The average Bonchev–Trinajstić information content (AvgIpc) is 3.10. The minimum atomic E-state index is -0.203. The third kappa shape index (κ3) is 3.99. The van der Waals surface area contributed by atoms with Gasteiger partial charge in [-0.1, -0.05) is 12.1 Å². The summed E-state index contributed by atoms with van der Waals surface area (Å²) in [5.41, 5.74) is 2.04. The second kappa shape index (κ2) is 7.98. The molecule has 28 heavy (non-hydrogen) atoms. The summed E-state index contributed by atoms with van der Waals surface area (Å²) in [7, 11) is 1.67. The van der Waals surface area contributed by atoms with Crippen LogP contribution in [-0.4, -0.2) is 54.4 Å². The first-order valence-electron chi connectivity index (χ1n) is 9.08. The molecule has 1 amide bonds. The summed E-state index contributed by atoms with van der Waals surface area (Å²) in [6.07, 6.45) is 1.82. The molecular weight excluding hydrogens is 374 g/mol. The van der Waals surface area contributed by atoms with Crippen molar-refractivity contribution < 1.29 is 14.6 Å². The van der Waals surface area contributed by atoms with Gasteiger partial charge in [0.2, 0.25) is 0 Å². The van der Waals surface area contributed by atoms with Crippen LogP contribution in [0.4, 0.5) is 5.69 Å². The summed E-state index contributed by atoms with van der Waals surface area (Å²) in [5, 5.41) is 10.1. The van der Waals surface area contributed by atoms with Crippen molar-refractivity contribution in [3.05, 3.63) is 59.0 Å². The van der Waals surface area contributed by atoms with E-state index >= 15 is 0 Å². The van der Waals surface area contributed by atoms with Crippen LogP contribution >= 0.6 is 11.8 Å². The predicted octanol–water partition coefficient (Wildman–Crippen LogP) is 3.19. The smallest absolute Gasteiger partial charge is 0.286 e. The largest absolute Gasteiger partial charge is 0.508 e. The number of rotatable bonds is 3. The zero-order valence-electron chi connectivity index (χ0n) is 15.5. The molecule has 1 fully saturated rings. The number of anilines is 1. The number of piperazine rings is 1. The Balaban J connectivity index is 1.37. The number of benzene rings is 2. The molecule has 0 atom stereocenters. The topological polar surface area (TPSA) is 65.4 Å². The van der Waals surface area contributed by atoms with E-state index in [0.29, 0.717) is 4.91 Å². The molecule has 0 saturated carbocycles. The fourth-order valence-electron chi connectivity index (χ4n) is 3.20. The van der Waals surface area contributed by atoms with Gasteiger partial charge in [-0.05, 0) is 59.8 Å². The van der Waals surface area contributed by atoms with Crippen molar-refractivity contribution in [3.8, 4) is 11.5 Å². The van der Waals surface area contributed by atoms with Gasteiger partial charge in [0, 0.05) is 31.9 Å². The van der Waals surface area contributed by atoms with E-state index in [0.717, 1.165) is 42.7 Å². The Morgan fingerprint density at radius 1 is 1.00 bits per heavy atom. The predicted molar refractivity (Wildman–Crippen MR) is 113 cm³/mol. The van der Waals surface area contributed by atoms with E-state index in [1.807, 2.05) is 18.2 Å². The lowest BCUT2D eigenvalue weighted by molar-refractivity contribution is -0.113. The first kappa shape index (κ1) is 18.4. The van der Waals surface area contributed by atoms with Gasteiger partial charge in [0.1, 0.15) is 11.5 Å². The van der Waals surface area contributed by atoms with Gasteiger partial charge < -0.3 is 19.6 Å². The molecule has 0 aliphatic carbocycles. The minimum absolute atomic E-state index is 0.203. The molecule has 6 nitrogen and oxygen atoms in total. The molecule has 0 radical (unpaired) electrons. The molecule has 0 aromatic heterocycles. The van der Waals surface area contributed by atoms with Gasteiger partial charge in [0.05, 0.1) is 12.0 Å². The van der Waals surface area contributed by atoms with Crippen molar-refractivity contribution in [2.24, 2.45) is 4.99 Å². The van der Waals surface area contributed by atoms with Crippen LogP contribution in [0, 0.1) is 0 Å². The van der Waals surface area contributed by atoms with E-state index in [1.165, 1.54) is 17.4 Å². The quantitative estimate of drug-likeness (QED) is 0.806. The summed E-state index contributed by atoms with van der Waals surface area (Å²) in [4.78, 5) is 21.6. The number of thioether (sulfide) groups is 1. The molecule has 0 spiro atoms. The van der Waals surface area contributed by atoms with E-state index in [9.17, 15) is 9.90 Å². The van der Waals surface area contributed by atoms with Crippen molar-refractivity contribution in [1.29, 1.82) is 0 Å². The van der Waals surface area contributed by atoms with Crippen LogP contribution in [0.3, 0.4) is 0 Å².